The van der Waals surface area contributed by atoms with E-state index >= 15 is 0 Å². The van der Waals surface area contributed by atoms with Crippen LogP contribution in [-0.2, 0) is 4.74 Å². The largest absolute Gasteiger partial charge is 0.379 e. The molecule has 1 aromatic heterocycles. The van der Waals surface area contributed by atoms with Crippen LogP contribution in [0.5, 0.6) is 0 Å². The van der Waals surface area contributed by atoms with E-state index in [1.165, 1.54) is 0 Å². The summed E-state index contributed by atoms with van der Waals surface area (Å²) in [5.41, 5.74) is 0.964. The molecular formula is C13H16ClN3OS. The molecule has 1 fully saturated rings. The van der Waals surface area contributed by atoms with Crippen molar-refractivity contribution < 1.29 is 4.74 Å². The van der Waals surface area contributed by atoms with Crippen LogP contribution in [0.1, 0.15) is 0 Å². The highest BCUT2D eigenvalue weighted by atomic mass is 35.5. The van der Waals surface area contributed by atoms with Gasteiger partial charge in [0.2, 0.25) is 0 Å². The van der Waals surface area contributed by atoms with Crippen molar-refractivity contribution in [1.82, 2.24) is 9.88 Å². The number of nitrogens with zero attached hydrogens (tertiary/aromatic N) is 2. The number of hydrogen-bond acceptors (Lipinski definition) is 5. The van der Waals surface area contributed by atoms with Crippen molar-refractivity contribution in [3.63, 3.8) is 0 Å². The maximum atomic E-state index is 6.15. The standard InChI is InChI=1S/C13H16ClN3OS/c14-10-2-1-3-11-12(10)19-13(16-11)15-4-5-17-6-8-18-9-7-17/h1-3H,4-9H2,(H,15,16). The highest BCUT2D eigenvalue weighted by molar-refractivity contribution is 7.22. The second-order valence-corrected chi connectivity index (χ2v) is 5.89. The van der Waals surface area contributed by atoms with Crippen LogP contribution in [-0.4, -0.2) is 49.3 Å². The molecule has 0 saturated carbocycles. The molecule has 0 radical (unpaired) electrons. The third kappa shape index (κ3) is 3.17. The highest BCUT2D eigenvalue weighted by Crippen LogP contribution is 2.31. The minimum atomic E-state index is 0.774. The van der Waals surface area contributed by atoms with Crippen LogP contribution < -0.4 is 5.32 Å². The maximum Gasteiger partial charge on any atom is 0.183 e. The lowest BCUT2D eigenvalue weighted by atomic mass is 10.3. The number of halogens is 1. The van der Waals surface area contributed by atoms with Gasteiger partial charge in [0.05, 0.1) is 28.5 Å². The molecule has 1 aliphatic heterocycles. The molecule has 0 unspecified atom stereocenters. The minimum Gasteiger partial charge on any atom is -0.379 e. The molecule has 2 aromatic rings. The summed E-state index contributed by atoms with van der Waals surface area (Å²) in [7, 11) is 0. The molecule has 0 bridgehead atoms. The van der Waals surface area contributed by atoms with Crippen LogP contribution in [0.15, 0.2) is 18.2 Å². The van der Waals surface area contributed by atoms with Crippen molar-refractivity contribution in [1.29, 1.82) is 0 Å². The van der Waals surface area contributed by atoms with Gasteiger partial charge in [0.1, 0.15) is 0 Å². The topological polar surface area (TPSA) is 37.4 Å². The average Bonchev–Trinajstić information content (AvgIpc) is 2.84. The molecule has 1 N–H and O–H groups in total. The van der Waals surface area contributed by atoms with Crippen molar-refractivity contribution >= 4 is 38.3 Å². The summed E-state index contributed by atoms with van der Waals surface area (Å²) < 4.78 is 6.38. The molecule has 1 saturated heterocycles. The lowest BCUT2D eigenvalue weighted by Crippen LogP contribution is -2.38. The van der Waals surface area contributed by atoms with E-state index in [9.17, 15) is 0 Å². The third-order valence-electron chi connectivity index (χ3n) is 3.17. The number of thiazole rings is 1. The van der Waals surface area contributed by atoms with E-state index in [0.717, 1.165) is 59.8 Å². The number of nitrogens with one attached hydrogen (secondary N) is 1. The van der Waals surface area contributed by atoms with Crippen molar-refractivity contribution in [2.75, 3.05) is 44.7 Å². The summed E-state index contributed by atoms with van der Waals surface area (Å²) in [5, 5.41) is 5.09. The lowest BCUT2D eigenvalue weighted by molar-refractivity contribution is 0.0398. The van der Waals surface area contributed by atoms with Gasteiger partial charge in [0.25, 0.3) is 0 Å². The Balaban J connectivity index is 1.57. The van der Waals surface area contributed by atoms with E-state index in [2.05, 4.69) is 15.2 Å². The van der Waals surface area contributed by atoms with E-state index in [0.29, 0.717) is 0 Å². The molecule has 6 heteroatoms. The van der Waals surface area contributed by atoms with Gasteiger partial charge < -0.3 is 10.1 Å². The Labute approximate surface area is 121 Å². The number of fused-ring (bicyclic) bond motifs is 1. The van der Waals surface area contributed by atoms with Gasteiger partial charge in [-0.15, -0.1) is 0 Å². The summed E-state index contributed by atoms with van der Waals surface area (Å²) in [6.45, 7) is 5.65. The number of hydrogen-bond donors (Lipinski definition) is 1. The Hall–Kier alpha value is -0.880. The van der Waals surface area contributed by atoms with Crippen LogP contribution in [0, 0.1) is 0 Å². The van der Waals surface area contributed by atoms with Crippen LogP contribution in [0.25, 0.3) is 10.2 Å². The summed E-state index contributed by atoms with van der Waals surface area (Å²) in [5.74, 6) is 0. The predicted octanol–water partition coefficient (Wildman–Crippen LogP) is 2.69. The molecule has 0 atom stereocenters. The fraction of sp³-hybridized carbons (Fsp3) is 0.462. The Morgan fingerprint density at radius 1 is 1.37 bits per heavy atom. The minimum absolute atomic E-state index is 0.774. The van der Waals surface area contributed by atoms with Gasteiger partial charge >= 0.3 is 0 Å². The summed E-state index contributed by atoms with van der Waals surface area (Å²) in [6.07, 6.45) is 0. The van der Waals surface area contributed by atoms with E-state index < -0.39 is 0 Å². The second-order valence-electron chi connectivity index (χ2n) is 4.49. The Bertz CT molecular complexity index is 554. The van der Waals surface area contributed by atoms with Crippen LogP contribution >= 0.6 is 22.9 Å². The van der Waals surface area contributed by atoms with E-state index in [1.54, 1.807) is 11.3 Å². The smallest absolute Gasteiger partial charge is 0.183 e. The Kier molecular flexibility index (Phi) is 4.18. The van der Waals surface area contributed by atoms with Crippen molar-refractivity contribution in [2.24, 2.45) is 0 Å². The molecule has 1 aromatic carbocycles. The van der Waals surface area contributed by atoms with Crippen LogP contribution in [0.4, 0.5) is 5.13 Å². The number of morpholine rings is 1. The van der Waals surface area contributed by atoms with Gasteiger partial charge in [-0.2, -0.15) is 0 Å². The normalized spacial score (nSPS) is 16.9. The van der Waals surface area contributed by atoms with Gasteiger partial charge in [-0.05, 0) is 12.1 Å². The monoisotopic (exact) mass is 297 g/mol. The van der Waals surface area contributed by atoms with E-state index in [1.807, 2.05) is 18.2 Å². The quantitative estimate of drug-likeness (QED) is 0.941. The number of aromatic nitrogens is 1. The zero-order valence-corrected chi connectivity index (χ0v) is 12.1. The first-order chi connectivity index (χ1) is 9.33. The SMILES string of the molecule is Clc1cccc2nc(NCCN3CCOCC3)sc12. The number of ether oxygens (including phenoxy) is 1. The average molecular weight is 298 g/mol. The van der Waals surface area contributed by atoms with E-state index in [-0.39, 0.29) is 0 Å². The van der Waals surface area contributed by atoms with Gasteiger partial charge in [-0.1, -0.05) is 29.0 Å². The molecule has 2 heterocycles. The molecule has 3 rings (SSSR count). The van der Waals surface area contributed by atoms with Crippen molar-refractivity contribution in [3.8, 4) is 0 Å². The van der Waals surface area contributed by atoms with Crippen LogP contribution in [0.2, 0.25) is 5.02 Å². The number of rotatable bonds is 4. The molecule has 102 valence electrons. The van der Waals surface area contributed by atoms with Crippen LogP contribution in [0.3, 0.4) is 0 Å². The van der Waals surface area contributed by atoms with Crippen molar-refractivity contribution in [2.45, 2.75) is 0 Å². The fourth-order valence-electron chi connectivity index (χ4n) is 2.14. The summed E-state index contributed by atoms with van der Waals surface area (Å²) in [4.78, 5) is 6.94. The Morgan fingerprint density at radius 2 is 2.21 bits per heavy atom. The van der Waals surface area contributed by atoms with Gasteiger partial charge in [0, 0.05) is 26.2 Å². The molecular weight excluding hydrogens is 282 g/mol. The first kappa shape index (κ1) is 13.1. The third-order valence-corrected chi connectivity index (χ3v) is 4.66. The van der Waals surface area contributed by atoms with Gasteiger partial charge in [-0.25, -0.2) is 4.98 Å². The summed E-state index contributed by atoms with van der Waals surface area (Å²) >= 11 is 7.76. The lowest BCUT2D eigenvalue weighted by Gasteiger charge is -2.26. The first-order valence-corrected chi connectivity index (χ1v) is 7.61. The number of anilines is 1. The van der Waals surface area contributed by atoms with Gasteiger partial charge in [0.15, 0.2) is 5.13 Å². The van der Waals surface area contributed by atoms with E-state index in [4.69, 9.17) is 16.3 Å². The summed E-state index contributed by atoms with van der Waals surface area (Å²) in [6, 6.07) is 5.83. The highest BCUT2D eigenvalue weighted by Gasteiger charge is 2.10. The zero-order chi connectivity index (χ0) is 13.1. The Morgan fingerprint density at radius 3 is 3.00 bits per heavy atom. The molecule has 4 nitrogen and oxygen atoms in total. The first-order valence-electron chi connectivity index (χ1n) is 6.42. The number of benzene rings is 1. The molecule has 1 aliphatic rings. The molecule has 0 spiro atoms. The fourth-order valence-corrected chi connectivity index (χ4v) is 3.32. The van der Waals surface area contributed by atoms with Gasteiger partial charge in [-0.3, -0.25) is 4.90 Å². The maximum absolute atomic E-state index is 6.15. The molecule has 19 heavy (non-hydrogen) atoms. The second kappa shape index (κ2) is 6.05. The molecule has 0 aliphatic carbocycles. The molecule has 0 amide bonds. The predicted molar refractivity (Wildman–Crippen MR) is 80.4 cm³/mol. The zero-order valence-electron chi connectivity index (χ0n) is 10.6. The van der Waals surface area contributed by atoms with Crippen molar-refractivity contribution in [3.05, 3.63) is 23.2 Å².